The van der Waals surface area contributed by atoms with Gasteiger partial charge in [0.05, 0.1) is 5.69 Å². The van der Waals surface area contributed by atoms with E-state index in [1.54, 1.807) is 6.20 Å². The van der Waals surface area contributed by atoms with Crippen molar-refractivity contribution in [1.29, 1.82) is 0 Å². The minimum Gasteiger partial charge on any atom is -0.395 e. The average molecular weight is 267 g/mol. The molecule has 3 nitrogen and oxygen atoms in total. The Labute approximate surface area is 120 Å². The second-order valence-electron chi connectivity index (χ2n) is 5.72. The number of rotatable bonds is 1. The van der Waals surface area contributed by atoms with Gasteiger partial charge in [0.2, 0.25) is 0 Å². The topological polar surface area (TPSA) is 64.9 Å². The summed E-state index contributed by atoms with van der Waals surface area (Å²) in [5.74, 6) is 1.06. The van der Waals surface area contributed by atoms with Crippen molar-refractivity contribution < 1.29 is 0 Å². The minimum atomic E-state index is 0.408. The Morgan fingerprint density at radius 3 is 2.85 bits per heavy atom. The Morgan fingerprint density at radius 2 is 2.00 bits per heavy atom. The summed E-state index contributed by atoms with van der Waals surface area (Å²) in [5, 5.41) is 0. The molecule has 1 unspecified atom stereocenters. The van der Waals surface area contributed by atoms with Crippen LogP contribution in [0.5, 0.6) is 0 Å². The van der Waals surface area contributed by atoms with Gasteiger partial charge in [-0.2, -0.15) is 0 Å². The SMILES string of the molecule is CC1CCCCc2cc(-c3ccnc(N)c3N)ccc21. The van der Waals surface area contributed by atoms with Crippen molar-refractivity contribution in [2.45, 2.75) is 38.5 Å². The van der Waals surface area contributed by atoms with Crippen LogP contribution in [0, 0.1) is 0 Å². The van der Waals surface area contributed by atoms with Crippen molar-refractivity contribution in [3.05, 3.63) is 41.6 Å². The van der Waals surface area contributed by atoms with Gasteiger partial charge in [-0.1, -0.05) is 31.5 Å². The van der Waals surface area contributed by atoms with Crippen molar-refractivity contribution in [3.8, 4) is 11.1 Å². The van der Waals surface area contributed by atoms with Gasteiger partial charge in [-0.3, -0.25) is 0 Å². The zero-order chi connectivity index (χ0) is 14.1. The van der Waals surface area contributed by atoms with E-state index in [0.717, 1.165) is 17.5 Å². The van der Waals surface area contributed by atoms with Gasteiger partial charge in [-0.25, -0.2) is 4.98 Å². The first-order valence-electron chi connectivity index (χ1n) is 7.30. The third-order valence-electron chi connectivity index (χ3n) is 4.34. The molecular weight excluding hydrogens is 246 g/mol. The molecule has 0 saturated heterocycles. The fourth-order valence-electron chi connectivity index (χ4n) is 3.13. The van der Waals surface area contributed by atoms with Crippen LogP contribution in [0.3, 0.4) is 0 Å². The second kappa shape index (κ2) is 5.16. The van der Waals surface area contributed by atoms with Crippen LogP contribution in [0.25, 0.3) is 11.1 Å². The molecule has 0 aliphatic heterocycles. The lowest BCUT2D eigenvalue weighted by Crippen LogP contribution is -2.01. The molecule has 2 aromatic rings. The molecule has 3 rings (SSSR count). The highest BCUT2D eigenvalue weighted by molar-refractivity contribution is 5.82. The molecule has 20 heavy (non-hydrogen) atoms. The monoisotopic (exact) mass is 267 g/mol. The Kier molecular flexibility index (Phi) is 3.35. The van der Waals surface area contributed by atoms with Crippen LogP contribution in [0.4, 0.5) is 11.5 Å². The lowest BCUT2D eigenvalue weighted by molar-refractivity contribution is 0.635. The molecule has 1 atom stereocenters. The molecule has 0 spiro atoms. The average Bonchev–Trinajstić information content (AvgIpc) is 2.63. The summed E-state index contributed by atoms with van der Waals surface area (Å²) in [6.45, 7) is 2.32. The largest absolute Gasteiger partial charge is 0.395 e. The highest BCUT2D eigenvalue weighted by Gasteiger charge is 2.16. The van der Waals surface area contributed by atoms with E-state index in [9.17, 15) is 0 Å². The summed E-state index contributed by atoms with van der Waals surface area (Å²) in [7, 11) is 0. The van der Waals surface area contributed by atoms with Crippen LogP contribution in [0.15, 0.2) is 30.5 Å². The zero-order valence-electron chi connectivity index (χ0n) is 11.9. The maximum Gasteiger partial charge on any atom is 0.147 e. The standard InChI is InChI=1S/C17H21N3/c1-11-4-2-3-5-12-10-13(6-7-14(11)12)15-8-9-20-17(19)16(15)18/h6-11H,2-5,18H2,1H3,(H2,19,20). The van der Waals surface area contributed by atoms with Gasteiger partial charge >= 0.3 is 0 Å². The summed E-state index contributed by atoms with van der Waals surface area (Å²) in [6, 6.07) is 8.64. The molecule has 0 bridgehead atoms. The number of benzene rings is 1. The summed E-state index contributed by atoms with van der Waals surface area (Å²) in [6.07, 6.45) is 6.75. The summed E-state index contributed by atoms with van der Waals surface area (Å²) in [5.41, 5.74) is 17.5. The van der Waals surface area contributed by atoms with E-state index in [0.29, 0.717) is 17.4 Å². The van der Waals surface area contributed by atoms with Crippen LogP contribution < -0.4 is 11.5 Å². The van der Waals surface area contributed by atoms with Gasteiger partial charge in [0.1, 0.15) is 5.82 Å². The van der Waals surface area contributed by atoms with E-state index in [-0.39, 0.29) is 0 Å². The van der Waals surface area contributed by atoms with Crippen LogP contribution in [0.2, 0.25) is 0 Å². The number of aromatic nitrogens is 1. The third kappa shape index (κ3) is 2.24. The van der Waals surface area contributed by atoms with Gasteiger partial charge < -0.3 is 11.5 Å². The predicted octanol–water partition coefficient (Wildman–Crippen LogP) is 3.74. The molecule has 4 N–H and O–H groups in total. The molecule has 0 fully saturated rings. The Hall–Kier alpha value is -2.03. The number of hydrogen-bond donors (Lipinski definition) is 2. The van der Waals surface area contributed by atoms with E-state index >= 15 is 0 Å². The number of fused-ring (bicyclic) bond motifs is 1. The van der Waals surface area contributed by atoms with Gasteiger partial charge in [0.25, 0.3) is 0 Å². The first-order chi connectivity index (χ1) is 9.66. The lowest BCUT2D eigenvalue weighted by atomic mass is 9.91. The fourth-order valence-corrected chi connectivity index (χ4v) is 3.13. The van der Waals surface area contributed by atoms with E-state index in [2.05, 4.69) is 30.1 Å². The second-order valence-corrected chi connectivity index (χ2v) is 5.72. The lowest BCUT2D eigenvalue weighted by Gasteiger charge is -2.15. The van der Waals surface area contributed by atoms with Gasteiger partial charge in [-0.15, -0.1) is 0 Å². The summed E-state index contributed by atoms with van der Waals surface area (Å²) in [4.78, 5) is 4.03. The van der Waals surface area contributed by atoms with Crippen LogP contribution in [0.1, 0.15) is 43.2 Å². The Morgan fingerprint density at radius 1 is 1.15 bits per heavy atom. The number of nitrogen functional groups attached to an aromatic ring is 2. The smallest absolute Gasteiger partial charge is 0.147 e. The van der Waals surface area contributed by atoms with Crippen molar-refractivity contribution in [2.24, 2.45) is 0 Å². The molecule has 1 aromatic heterocycles. The molecular formula is C17H21N3. The normalized spacial score (nSPS) is 18.4. The van der Waals surface area contributed by atoms with E-state index < -0.39 is 0 Å². The van der Waals surface area contributed by atoms with E-state index in [1.807, 2.05) is 6.07 Å². The predicted molar refractivity (Wildman–Crippen MR) is 84.5 cm³/mol. The maximum atomic E-state index is 6.06. The Balaban J connectivity index is 2.08. The summed E-state index contributed by atoms with van der Waals surface area (Å²) >= 11 is 0. The zero-order valence-corrected chi connectivity index (χ0v) is 11.9. The van der Waals surface area contributed by atoms with Gasteiger partial charge in [-0.05, 0) is 47.9 Å². The highest BCUT2D eigenvalue weighted by atomic mass is 14.9. The van der Waals surface area contributed by atoms with Crippen molar-refractivity contribution >= 4 is 11.5 Å². The molecule has 1 aliphatic rings. The van der Waals surface area contributed by atoms with Crippen molar-refractivity contribution in [1.82, 2.24) is 4.98 Å². The van der Waals surface area contributed by atoms with E-state index in [4.69, 9.17) is 11.5 Å². The fraction of sp³-hybridized carbons (Fsp3) is 0.353. The highest BCUT2D eigenvalue weighted by Crippen LogP contribution is 2.35. The first-order valence-corrected chi connectivity index (χ1v) is 7.30. The van der Waals surface area contributed by atoms with E-state index in [1.165, 1.54) is 30.4 Å². The minimum absolute atomic E-state index is 0.408. The molecule has 0 amide bonds. The first kappa shape index (κ1) is 13.0. The number of pyridine rings is 1. The van der Waals surface area contributed by atoms with Crippen molar-refractivity contribution in [2.75, 3.05) is 11.5 Å². The van der Waals surface area contributed by atoms with Gasteiger partial charge in [0.15, 0.2) is 0 Å². The molecule has 0 radical (unpaired) electrons. The third-order valence-corrected chi connectivity index (χ3v) is 4.34. The van der Waals surface area contributed by atoms with Gasteiger partial charge in [0, 0.05) is 11.8 Å². The molecule has 1 aliphatic carbocycles. The number of hydrogen-bond acceptors (Lipinski definition) is 3. The molecule has 1 heterocycles. The quantitative estimate of drug-likeness (QED) is 0.773. The number of nitrogens with two attached hydrogens (primary N) is 2. The number of nitrogens with zero attached hydrogens (tertiary/aromatic N) is 1. The summed E-state index contributed by atoms with van der Waals surface area (Å²) < 4.78 is 0. The van der Waals surface area contributed by atoms with Crippen LogP contribution in [-0.2, 0) is 6.42 Å². The number of aryl methyl sites for hydroxylation is 1. The van der Waals surface area contributed by atoms with Crippen molar-refractivity contribution in [3.63, 3.8) is 0 Å². The van der Waals surface area contributed by atoms with Crippen LogP contribution in [-0.4, -0.2) is 4.98 Å². The van der Waals surface area contributed by atoms with Crippen LogP contribution >= 0.6 is 0 Å². The molecule has 0 saturated carbocycles. The number of anilines is 2. The molecule has 3 heteroatoms. The maximum absolute atomic E-state index is 6.06. The Bertz CT molecular complexity index is 634. The molecule has 1 aromatic carbocycles. The molecule has 104 valence electrons.